The summed E-state index contributed by atoms with van der Waals surface area (Å²) in [5.41, 5.74) is 1.31. The highest BCUT2D eigenvalue weighted by atomic mass is 19.4. The van der Waals surface area contributed by atoms with E-state index >= 15 is 0 Å². The van der Waals surface area contributed by atoms with E-state index < -0.39 is 12.8 Å². The van der Waals surface area contributed by atoms with E-state index in [9.17, 15) is 13.2 Å². The van der Waals surface area contributed by atoms with Crippen LogP contribution in [0.2, 0.25) is 0 Å². The molecule has 1 N–H and O–H groups in total. The van der Waals surface area contributed by atoms with Crippen LogP contribution in [0.25, 0.3) is 0 Å². The smallest absolute Gasteiger partial charge is 0.371 e. The molecular formula is C16H22F3NO. The molecule has 0 spiro atoms. The summed E-state index contributed by atoms with van der Waals surface area (Å²) < 4.78 is 40.6. The topological polar surface area (TPSA) is 21.3 Å². The first-order valence-corrected chi connectivity index (χ1v) is 7.49. The van der Waals surface area contributed by atoms with Crippen molar-refractivity contribution in [1.29, 1.82) is 0 Å². The van der Waals surface area contributed by atoms with Crippen LogP contribution in [0.4, 0.5) is 13.2 Å². The predicted octanol–water partition coefficient (Wildman–Crippen LogP) is 3.88. The van der Waals surface area contributed by atoms with Gasteiger partial charge in [-0.2, -0.15) is 13.2 Å². The second-order valence-corrected chi connectivity index (χ2v) is 5.53. The van der Waals surface area contributed by atoms with Crippen molar-refractivity contribution in [1.82, 2.24) is 5.32 Å². The van der Waals surface area contributed by atoms with E-state index in [1.54, 1.807) is 0 Å². The van der Waals surface area contributed by atoms with E-state index in [1.807, 2.05) is 18.2 Å². The molecule has 0 amide bonds. The van der Waals surface area contributed by atoms with Gasteiger partial charge in [0, 0.05) is 12.6 Å². The molecule has 118 valence electrons. The molecular weight excluding hydrogens is 279 g/mol. The molecule has 0 aliphatic heterocycles. The van der Waals surface area contributed by atoms with Gasteiger partial charge >= 0.3 is 6.18 Å². The Hall–Kier alpha value is -1.07. The van der Waals surface area contributed by atoms with Crippen LogP contribution >= 0.6 is 0 Å². The minimum absolute atomic E-state index is 0.0948. The minimum atomic E-state index is -4.24. The standard InChI is InChI=1S/C16H22F3NO/c17-16(18,19)12-21-11-10-20-15-9-5-4-8-14(15)13-6-2-1-3-7-13/h1-3,6-7,14-15,20H,4-5,8-12H2. The Morgan fingerprint density at radius 1 is 1.10 bits per heavy atom. The summed E-state index contributed by atoms with van der Waals surface area (Å²) in [6, 6.07) is 10.7. The number of rotatable bonds is 6. The average Bonchev–Trinajstić information content (AvgIpc) is 2.47. The molecule has 2 atom stereocenters. The molecule has 1 aromatic rings. The van der Waals surface area contributed by atoms with Crippen LogP contribution in [0.15, 0.2) is 30.3 Å². The number of nitrogens with one attached hydrogen (secondary N) is 1. The molecule has 1 aromatic carbocycles. The molecule has 0 aromatic heterocycles. The lowest BCUT2D eigenvalue weighted by Gasteiger charge is -2.32. The highest BCUT2D eigenvalue weighted by Gasteiger charge is 2.28. The van der Waals surface area contributed by atoms with E-state index in [0.717, 1.165) is 12.8 Å². The molecule has 2 nitrogen and oxygen atoms in total. The van der Waals surface area contributed by atoms with Crippen molar-refractivity contribution in [2.45, 2.75) is 43.8 Å². The van der Waals surface area contributed by atoms with E-state index in [1.165, 1.54) is 18.4 Å². The van der Waals surface area contributed by atoms with E-state index in [-0.39, 0.29) is 6.61 Å². The maximum Gasteiger partial charge on any atom is 0.411 e. The largest absolute Gasteiger partial charge is 0.411 e. The van der Waals surface area contributed by atoms with Crippen LogP contribution in [0.5, 0.6) is 0 Å². The van der Waals surface area contributed by atoms with Gasteiger partial charge in [-0.15, -0.1) is 0 Å². The number of ether oxygens (including phenoxy) is 1. The third-order valence-corrected chi connectivity index (χ3v) is 3.91. The van der Waals surface area contributed by atoms with Crippen LogP contribution in [-0.4, -0.2) is 32.0 Å². The summed E-state index contributed by atoms with van der Waals surface area (Å²) >= 11 is 0. The Labute approximate surface area is 123 Å². The molecule has 0 radical (unpaired) electrons. The van der Waals surface area contributed by atoms with Gasteiger partial charge in [-0.1, -0.05) is 43.2 Å². The lowest BCUT2D eigenvalue weighted by Crippen LogP contribution is -2.39. The molecule has 0 bridgehead atoms. The first-order valence-electron chi connectivity index (χ1n) is 7.49. The van der Waals surface area contributed by atoms with Gasteiger partial charge in [0.1, 0.15) is 6.61 Å². The second-order valence-electron chi connectivity index (χ2n) is 5.53. The van der Waals surface area contributed by atoms with Crippen molar-refractivity contribution in [3.63, 3.8) is 0 Å². The molecule has 21 heavy (non-hydrogen) atoms. The first kappa shape index (κ1) is 16.3. The maximum atomic E-state index is 12.0. The average molecular weight is 301 g/mol. The molecule has 1 fully saturated rings. The number of alkyl halides is 3. The minimum Gasteiger partial charge on any atom is -0.371 e. The highest BCUT2D eigenvalue weighted by Crippen LogP contribution is 2.32. The number of hydrogen-bond acceptors (Lipinski definition) is 2. The molecule has 0 heterocycles. The zero-order chi connectivity index (χ0) is 15.1. The Kier molecular flexibility index (Phi) is 6.06. The van der Waals surface area contributed by atoms with E-state index in [0.29, 0.717) is 18.5 Å². The van der Waals surface area contributed by atoms with Crippen LogP contribution in [0, 0.1) is 0 Å². The van der Waals surface area contributed by atoms with E-state index in [2.05, 4.69) is 22.2 Å². The Morgan fingerprint density at radius 3 is 2.52 bits per heavy atom. The molecule has 2 unspecified atom stereocenters. The summed E-state index contributed by atoms with van der Waals surface area (Å²) in [7, 11) is 0. The molecule has 1 aliphatic carbocycles. The summed E-state index contributed by atoms with van der Waals surface area (Å²) in [6.45, 7) is -0.608. The maximum absolute atomic E-state index is 12.0. The fourth-order valence-corrected chi connectivity index (χ4v) is 2.98. The zero-order valence-corrected chi connectivity index (χ0v) is 12.0. The number of halogens is 3. The Bertz CT molecular complexity index is 408. The van der Waals surface area contributed by atoms with Crippen molar-refractivity contribution >= 4 is 0 Å². The Balaban J connectivity index is 1.77. The third kappa shape index (κ3) is 5.67. The van der Waals surface area contributed by atoms with Crippen molar-refractivity contribution in [2.24, 2.45) is 0 Å². The first-order chi connectivity index (χ1) is 10.1. The predicted molar refractivity (Wildman–Crippen MR) is 76.3 cm³/mol. The Morgan fingerprint density at radius 2 is 1.81 bits per heavy atom. The quantitative estimate of drug-likeness (QED) is 0.805. The zero-order valence-electron chi connectivity index (χ0n) is 12.0. The van der Waals surface area contributed by atoms with Crippen molar-refractivity contribution < 1.29 is 17.9 Å². The number of hydrogen-bond donors (Lipinski definition) is 1. The third-order valence-electron chi connectivity index (χ3n) is 3.91. The number of benzene rings is 1. The fourth-order valence-electron chi connectivity index (χ4n) is 2.98. The van der Waals surface area contributed by atoms with Gasteiger partial charge in [-0.3, -0.25) is 0 Å². The lowest BCUT2D eigenvalue weighted by atomic mass is 9.80. The highest BCUT2D eigenvalue weighted by molar-refractivity contribution is 5.21. The van der Waals surface area contributed by atoms with Gasteiger partial charge in [0.2, 0.25) is 0 Å². The van der Waals surface area contributed by atoms with Crippen molar-refractivity contribution in [2.75, 3.05) is 19.8 Å². The van der Waals surface area contributed by atoms with Crippen molar-refractivity contribution in [3.8, 4) is 0 Å². The second kappa shape index (κ2) is 7.80. The van der Waals surface area contributed by atoms with Gasteiger partial charge in [0.05, 0.1) is 6.61 Å². The van der Waals surface area contributed by atoms with Crippen LogP contribution in [0.1, 0.15) is 37.2 Å². The molecule has 0 saturated heterocycles. The van der Waals surface area contributed by atoms with Crippen molar-refractivity contribution in [3.05, 3.63) is 35.9 Å². The van der Waals surface area contributed by atoms with Gasteiger partial charge < -0.3 is 10.1 Å². The van der Waals surface area contributed by atoms with Gasteiger partial charge in [-0.05, 0) is 24.3 Å². The summed E-state index contributed by atoms with van der Waals surface area (Å²) in [6.07, 6.45) is 0.341. The molecule has 1 aliphatic rings. The molecule has 2 rings (SSSR count). The molecule has 5 heteroatoms. The summed E-state index contributed by atoms with van der Waals surface area (Å²) in [4.78, 5) is 0. The van der Waals surface area contributed by atoms with Gasteiger partial charge in [0.25, 0.3) is 0 Å². The lowest BCUT2D eigenvalue weighted by molar-refractivity contribution is -0.173. The van der Waals surface area contributed by atoms with Gasteiger partial charge in [-0.25, -0.2) is 0 Å². The fraction of sp³-hybridized carbons (Fsp3) is 0.625. The summed E-state index contributed by atoms with van der Waals surface area (Å²) in [5, 5.41) is 3.36. The van der Waals surface area contributed by atoms with Gasteiger partial charge in [0.15, 0.2) is 0 Å². The normalized spacial score (nSPS) is 23.2. The monoisotopic (exact) mass is 301 g/mol. The molecule has 1 saturated carbocycles. The van der Waals surface area contributed by atoms with Crippen LogP contribution < -0.4 is 5.32 Å². The summed E-state index contributed by atoms with van der Waals surface area (Å²) in [5.74, 6) is 0.447. The van der Waals surface area contributed by atoms with Crippen LogP contribution in [-0.2, 0) is 4.74 Å². The van der Waals surface area contributed by atoms with E-state index in [4.69, 9.17) is 0 Å². The SMILES string of the molecule is FC(F)(F)COCCNC1CCCCC1c1ccccc1. The van der Waals surface area contributed by atoms with Crippen LogP contribution in [0.3, 0.4) is 0 Å².